The molecule has 2 aromatic rings. The van der Waals surface area contributed by atoms with Gasteiger partial charge in [-0.15, -0.1) is 0 Å². The number of benzene rings is 2. The molecule has 4 heteroatoms. The highest BCUT2D eigenvalue weighted by atomic mass is 79.9. The Morgan fingerprint density at radius 3 is 2.47 bits per heavy atom. The highest BCUT2D eigenvalue weighted by Crippen LogP contribution is 2.30. The summed E-state index contributed by atoms with van der Waals surface area (Å²) in [6.07, 6.45) is 0. The molecule has 0 bridgehead atoms. The van der Waals surface area contributed by atoms with Gasteiger partial charge < -0.3 is 9.84 Å². The summed E-state index contributed by atoms with van der Waals surface area (Å²) in [5.74, 6) is 0.658. The average molecular weight is 297 g/mol. The number of rotatable bonds is 3. The Bertz CT molecular complexity index is 511. The number of ether oxygens (including phenoxy) is 1. The molecule has 0 aliphatic rings. The normalized spacial score (nSPS) is 10.3. The molecule has 0 amide bonds. The maximum Gasteiger partial charge on any atom is 0.144 e. The fourth-order valence-electron chi connectivity index (χ4n) is 1.35. The van der Waals surface area contributed by atoms with Crippen LogP contribution in [0, 0.1) is 5.82 Å². The quantitative estimate of drug-likeness (QED) is 0.931. The fourth-order valence-corrected chi connectivity index (χ4v) is 1.67. The van der Waals surface area contributed by atoms with Crippen molar-refractivity contribution >= 4 is 15.9 Å². The Labute approximate surface area is 107 Å². The number of aliphatic hydroxyl groups is 1. The van der Waals surface area contributed by atoms with Crippen LogP contribution in [0.2, 0.25) is 0 Å². The Morgan fingerprint density at radius 1 is 1.12 bits per heavy atom. The minimum absolute atomic E-state index is 0.00998. The maximum absolute atomic E-state index is 13.0. The monoisotopic (exact) mass is 296 g/mol. The number of hydrogen-bond acceptors (Lipinski definition) is 2. The van der Waals surface area contributed by atoms with Crippen molar-refractivity contribution in [3.63, 3.8) is 0 Å². The van der Waals surface area contributed by atoms with Gasteiger partial charge in [-0.25, -0.2) is 4.39 Å². The molecule has 0 aliphatic carbocycles. The molecule has 0 heterocycles. The molecule has 0 aromatic heterocycles. The summed E-state index contributed by atoms with van der Waals surface area (Å²) in [5, 5.41) is 8.90. The smallest absolute Gasteiger partial charge is 0.144 e. The molecule has 0 atom stereocenters. The number of halogens is 2. The van der Waals surface area contributed by atoms with Crippen molar-refractivity contribution in [2.45, 2.75) is 6.61 Å². The van der Waals surface area contributed by atoms with Gasteiger partial charge in [-0.1, -0.05) is 12.1 Å². The zero-order chi connectivity index (χ0) is 12.3. The molecule has 1 N–H and O–H groups in total. The van der Waals surface area contributed by atoms with E-state index < -0.39 is 0 Å². The predicted molar refractivity (Wildman–Crippen MR) is 66.5 cm³/mol. The van der Waals surface area contributed by atoms with Crippen LogP contribution in [0.15, 0.2) is 46.9 Å². The number of hydrogen-bond donors (Lipinski definition) is 1. The summed E-state index contributed by atoms with van der Waals surface area (Å²) in [7, 11) is 0. The lowest BCUT2D eigenvalue weighted by Crippen LogP contribution is -1.88. The largest absolute Gasteiger partial charge is 0.456 e. The molecule has 2 aromatic carbocycles. The second kappa shape index (κ2) is 5.29. The maximum atomic E-state index is 13.0. The van der Waals surface area contributed by atoms with Crippen molar-refractivity contribution in [2.75, 3.05) is 0 Å². The molecule has 0 aliphatic heterocycles. The van der Waals surface area contributed by atoms with Crippen LogP contribution < -0.4 is 4.74 Å². The molecule has 17 heavy (non-hydrogen) atoms. The molecule has 0 fully saturated rings. The lowest BCUT2D eigenvalue weighted by atomic mass is 10.2. The topological polar surface area (TPSA) is 29.5 Å². The molecule has 0 radical (unpaired) electrons. The molecule has 0 saturated heterocycles. The second-order valence-corrected chi connectivity index (χ2v) is 4.33. The van der Waals surface area contributed by atoms with Gasteiger partial charge in [0.2, 0.25) is 0 Å². The van der Waals surface area contributed by atoms with Crippen LogP contribution in [0.3, 0.4) is 0 Å². The van der Waals surface area contributed by atoms with Gasteiger partial charge in [0.1, 0.15) is 17.3 Å². The lowest BCUT2D eigenvalue weighted by Gasteiger charge is -2.08. The van der Waals surface area contributed by atoms with Crippen molar-refractivity contribution in [3.8, 4) is 11.5 Å². The molecule has 0 saturated carbocycles. The van der Waals surface area contributed by atoms with Crippen molar-refractivity contribution in [1.29, 1.82) is 0 Å². The molecular formula is C13H10BrFO2. The van der Waals surface area contributed by atoms with E-state index in [2.05, 4.69) is 15.9 Å². The van der Waals surface area contributed by atoms with Gasteiger partial charge in [-0.3, -0.25) is 0 Å². The van der Waals surface area contributed by atoms with E-state index in [1.54, 1.807) is 30.3 Å². The van der Waals surface area contributed by atoms with Gasteiger partial charge in [-0.05, 0) is 45.8 Å². The predicted octanol–water partition coefficient (Wildman–Crippen LogP) is 3.87. The molecular weight excluding hydrogens is 287 g/mol. The molecule has 88 valence electrons. The summed E-state index contributed by atoms with van der Waals surface area (Å²) >= 11 is 3.28. The van der Waals surface area contributed by atoms with Gasteiger partial charge in [0.05, 0.1) is 11.1 Å². The Hall–Kier alpha value is -1.39. The summed E-state index contributed by atoms with van der Waals surface area (Å²) in [6.45, 7) is -0.00998. The average Bonchev–Trinajstić information content (AvgIpc) is 2.35. The summed E-state index contributed by atoms with van der Waals surface area (Å²) in [5.41, 5.74) is 0.802. The minimum Gasteiger partial charge on any atom is -0.456 e. The molecule has 0 unspecified atom stereocenters. The Kier molecular flexibility index (Phi) is 3.76. The van der Waals surface area contributed by atoms with E-state index in [1.807, 2.05) is 0 Å². The van der Waals surface area contributed by atoms with Crippen molar-refractivity contribution in [3.05, 3.63) is 58.3 Å². The van der Waals surface area contributed by atoms with E-state index in [9.17, 15) is 4.39 Å². The van der Waals surface area contributed by atoms with Crippen molar-refractivity contribution < 1.29 is 14.2 Å². The fraction of sp³-hybridized carbons (Fsp3) is 0.0769. The van der Waals surface area contributed by atoms with Gasteiger partial charge in [0.15, 0.2) is 0 Å². The van der Waals surface area contributed by atoms with E-state index in [4.69, 9.17) is 9.84 Å². The third kappa shape index (κ3) is 3.05. The Balaban J connectivity index is 2.22. The van der Waals surface area contributed by atoms with E-state index in [0.29, 0.717) is 16.0 Å². The van der Waals surface area contributed by atoms with Crippen LogP contribution in [0.5, 0.6) is 11.5 Å². The van der Waals surface area contributed by atoms with Crippen LogP contribution in [-0.4, -0.2) is 5.11 Å². The molecule has 2 rings (SSSR count). The van der Waals surface area contributed by atoms with Gasteiger partial charge in [-0.2, -0.15) is 0 Å². The molecule has 0 spiro atoms. The minimum atomic E-state index is -0.352. The van der Waals surface area contributed by atoms with Crippen molar-refractivity contribution in [1.82, 2.24) is 0 Å². The third-order valence-electron chi connectivity index (χ3n) is 2.23. The van der Waals surface area contributed by atoms with Crippen LogP contribution >= 0.6 is 15.9 Å². The first-order chi connectivity index (χ1) is 8.19. The third-order valence-corrected chi connectivity index (χ3v) is 2.88. The van der Waals surface area contributed by atoms with Gasteiger partial charge in [0.25, 0.3) is 0 Å². The summed E-state index contributed by atoms with van der Waals surface area (Å²) in [6, 6.07) is 11.2. The Morgan fingerprint density at radius 2 is 1.82 bits per heavy atom. The second-order valence-electron chi connectivity index (χ2n) is 3.48. The summed E-state index contributed by atoms with van der Waals surface area (Å²) < 4.78 is 19.2. The first-order valence-electron chi connectivity index (χ1n) is 5.02. The zero-order valence-electron chi connectivity index (χ0n) is 8.86. The van der Waals surface area contributed by atoms with E-state index >= 15 is 0 Å². The standard InChI is InChI=1S/C13H10BrFO2/c14-12-6-3-10(15)7-13(12)17-11-4-1-9(8-16)2-5-11/h1-7,16H,8H2. The SMILES string of the molecule is OCc1ccc(Oc2cc(F)ccc2Br)cc1. The first kappa shape index (κ1) is 12.1. The van der Waals surface area contributed by atoms with Crippen LogP contribution in [0.25, 0.3) is 0 Å². The summed E-state index contributed by atoms with van der Waals surface area (Å²) in [4.78, 5) is 0. The van der Waals surface area contributed by atoms with Gasteiger partial charge in [0, 0.05) is 6.07 Å². The van der Waals surface area contributed by atoms with Gasteiger partial charge >= 0.3 is 0 Å². The molecule has 2 nitrogen and oxygen atoms in total. The van der Waals surface area contributed by atoms with Crippen LogP contribution in [0.1, 0.15) is 5.56 Å². The van der Waals surface area contributed by atoms with E-state index in [0.717, 1.165) is 5.56 Å². The van der Waals surface area contributed by atoms with Crippen LogP contribution in [0.4, 0.5) is 4.39 Å². The highest BCUT2D eigenvalue weighted by Gasteiger charge is 2.04. The van der Waals surface area contributed by atoms with Crippen LogP contribution in [-0.2, 0) is 6.61 Å². The zero-order valence-corrected chi connectivity index (χ0v) is 10.4. The van der Waals surface area contributed by atoms with E-state index in [-0.39, 0.29) is 12.4 Å². The lowest BCUT2D eigenvalue weighted by molar-refractivity contribution is 0.281. The number of aliphatic hydroxyl groups excluding tert-OH is 1. The van der Waals surface area contributed by atoms with Crippen molar-refractivity contribution in [2.24, 2.45) is 0 Å². The highest BCUT2D eigenvalue weighted by molar-refractivity contribution is 9.10. The first-order valence-corrected chi connectivity index (χ1v) is 5.81. The van der Waals surface area contributed by atoms with E-state index in [1.165, 1.54) is 12.1 Å².